The number of aryl methyl sites for hydroxylation is 1. The van der Waals surface area contributed by atoms with Gasteiger partial charge in [0.15, 0.2) is 0 Å². The molecule has 0 atom stereocenters. The number of nitrogens with zero attached hydrogens (tertiary/aromatic N) is 3. The molecule has 0 spiro atoms. The van der Waals surface area contributed by atoms with Crippen molar-refractivity contribution in [2.24, 2.45) is 12.8 Å². The number of urea groups is 1. The Kier molecular flexibility index (Phi) is 8.61. The third kappa shape index (κ3) is 7.02. The Bertz CT molecular complexity index is 1570. The lowest BCUT2D eigenvalue weighted by atomic mass is 10.1. The highest BCUT2D eigenvalue weighted by Crippen LogP contribution is 2.22. The molecule has 3 aromatic carbocycles. The van der Waals surface area contributed by atoms with Gasteiger partial charge in [-0.3, -0.25) is 14.8 Å². The van der Waals surface area contributed by atoms with Gasteiger partial charge in [-0.15, -0.1) is 0 Å². The Morgan fingerprint density at radius 3 is 2.18 bits per heavy atom. The minimum atomic E-state index is -3.67. The number of carbonyl (C=O) groups is 2. The summed E-state index contributed by atoms with van der Waals surface area (Å²) >= 11 is 0. The molecule has 0 aliphatic heterocycles. The molecule has 3 amide bonds. The highest BCUT2D eigenvalue weighted by molar-refractivity contribution is 7.85. The average Bonchev–Trinajstić information content (AvgIpc) is 3.18. The van der Waals surface area contributed by atoms with Crippen LogP contribution in [0.25, 0.3) is 11.0 Å². The topological polar surface area (TPSA) is 171 Å². The number of hydrogen-bond donors (Lipinski definition) is 4. The molecule has 11 nitrogen and oxygen atoms in total. The summed E-state index contributed by atoms with van der Waals surface area (Å²) in [6.45, 7) is 0. The number of benzene rings is 3. The summed E-state index contributed by atoms with van der Waals surface area (Å²) in [5.74, 6) is 0.425. The summed E-state index contributed by atoms with van der Waals surface area (Å²) in [6.07, 6.45) is 1.30. The van der Waals surface area contributed by atoms with E-state index in [1.165, 1.54) is 7.05 Å². The van der Waals surface area contributed by atoms with Crippen LogP contribution in [0.3, 0.4) is 0 Å². The predicted molar refractivity (Wildman–Crippen MR) is 146 cm³/mol. The number of amidine groups is 1. The summed E-state index contributed by atoms with van der Waals surface area (Å²) < 4.78 is 27.9. The van der Waals surface area contributed by atoms with Crippen molar-refractivity contribution in [1.29, 1.82) is 5.41 Å². The highest BCUT2D eigenvalue weighted by Gasteiger charge is 2.24. The Labute approximate surface area is 220 Å². The smallest absolute Gasteiger partial charge is 0.328 e. The molecule has 38 heavy (non-hydrogen) atoms. The van der Waals surface area contributed by atoms with E-state index >= 15 is 0 Å². The van der Waals surface area contributed by atoms with E-state index in [2.05, 4.69) is 5.32 Å². The molecule has 1 heterocycles. The second kappa shape index (κ2) is 11.7. The maximum Gasteiger partial charge on any atom is 0.328 e. The van der Waals surface area contributed by atoms with E-state index in [1.807, 2.05) is 48.0 Å². The zero-order valence-electron chi connectivity index (χ0n) is 21.0. The first-order valence-corrected chi connectivity index (χ1v) is 13.2. The van der Waals surface area contributed by atoms with Crippen LogP contribution < -0.4 is 16.0 Å². The van der Waals surface area contributed by atoms with Gasteiger partial charge >= 0.3 is 6.03 Å². The van der Waals surface area contributed by atoms with Crippen LogP contribution >= 0.6 is 0 Å². The number of rotatable bonds is 5. The number of amides is 3. The molecule has 0 radical (unpaired) electrons. The average molecular weight is 537 g/mol. The van der Waals surface area contributed by atoms with Crippen molar-refractivity contribution in [2.45, 2.75) is 6.42 Å². The number of para-hydroxylation sites is 1. The number of imide groups is 1. The first-order valence-electron chi connectivity index (χ1n) is 11.3. The summed E-state index contributed by atoms with van der Waals surface area (Å²) in [6, 6.07) is 21.0. The molecule has 0 bridgehead atoms. The van der Waals surface area contributed by atoms with Crippen molar-refractivity contribution in [3.05, 3.63) is 95.3 Å². The summed E-state index contributed by atoms with van der Waals surface area (Å²) in [7, 11) is -0.250. The zero-order chi connectivity index (χ0) is 28.0. The lowest BCUT2D eigenvalue weighted by Gasteiger charge is -2.20. The summed E-state index contributed by atoms with van der Waals surface area (Å²) in [4.78, 5) is 31.6. The van der Waals surface area contributed by atoms with Crippen molar-refractivity contribution in [3.8, 4) is 0 Å². The lowest BCUT2D eigenvalue weighted by molar-refractivity contribution is 0.0994. The highest BCUT2D eigenvalue weighted by atomic mass is 32.2. The first-order chi connectivity index (χ1) is 17.9. The van der Waals surface area contributed by atoms with E-state index in [0.29, 0.717) is 35.0 Å². The van der Waals surface area contributed by atoms with Gasteiger partial charge in [0.25, 0.3) is 16.0 Å². The molecule has 0 aliphatic rings. The zero-order valence-corrected chi connectivity index (χ0v) is 21.9. The third-order valence-corrected chi connectivity index (χ3v) is 5.48. The van der Waals surface area contributed by atoms with Crippen LogP contribution in [0.4, 0.5) is 10.5 Å². The number of nitrogens with one attached hydrogen (secondary N) is 2. The van der Waals surface area contributed by atoms with Crippen molar-refractivity contribution in [3.63, 3.8) is 0 Å². The van der Waals surface area contributed by atoms with E-state index in [-0.39, 0.29) is 5.84 Å². The van der Waals surface area contributed by atoms with E-state index in [9.17, 15) is 18.0 Å². The van der Waals surface area contributed by atoms with Gasteiger partial charge in [0, 0.05) is 31.6 Å². The monoisotopic (exact) mass is 536 g/mol. The van der Waals surface area contributed by atoms with Crippen LogP contribution in [0.2, 0.25) is 0 Å². The van der Waals surface area contributed by atoms with Gasteiger partial charge in [0.05, 0.1) is 23.0 Å². The van der Waals surface area contributed by atoms with Gasteiger partial charge in [0.2, 0.25) is 0 Å². The molecular weight excluding hydrogens is 508 g/mol. The summed E-state index contributed by atoms with van der Waals surface area (Å²) in [5.41, 5.74) is 9.63. The molecule has 1 aromatic heterocycles. The van der Waals surface area contributed by atoms with Crippen LogP contribution in [-0.4, -0.2) is 53.6 Å². The second-order valence-corrected chi connectivity index (χ2v) is 9.81. The van der Waals surface area contributed by atoms with Gasteiger partial charge in [-0.2, -0.15) is 8.42 Å². The summed E-state index contributed by atoms with van der Waals surface area (Å²) in [5, 5.41) is 10.0. The maximum absolute atomic E-state index is 13.3. The SMILES string of the molecule is CNC(=O)N(C(=O)c1ccc2c(c1)nc(Cc1ccc(C(=N)N)cc1)n2C)c1ccccc1.CS(=O)(=O)O. The lowest BCUT2D eigenvalue weighted by Crippen LogP contribution is -2.42. The van der Waals surface area contributed by atoms with E-state index in [0.717, 1.165) is 21.8 Å². The van der Waals surface area contributed by atoms with Crippen LogP contribution in [0, 0.1) is 5.41 Å². The van der Waals surface area contributed by atoms with Crippen LogP contribution in [0.15, 0.2) is 72.8 Å². The van der Waals surface area contributed by atoms with Crippen LogP contribution in [0.1, 0.15) is 27.3 Å². The Morgan fingerprint density at radius 2 is 1.63 bits per heavy atom. The second-order valence-electron chi connectivity index (χ2n) is 8.34. The fourth-order valence-electron chi connectivity index (χ4n) is 3.67. The molecule has 0 saturated heterocycles. The third-order valence-electron chi connectivity index (χ3n) is 5.48. The molecule has 4 aromatic rings. The van der Waals surface area contributed by atoms with Crippen LogP contribution in [-0.2, 0) is 23.6 Å². The minimum Gasteiger partial charge on any atom is -0.384 e. The van der Waals surface area contributed by atoms with Crippen LogP contribution in [0.5, 0.6) is 0 Å². The number of hydrogen-bond acceptors (Lipinski definition) is 6. The number of fused-ring (bicyclic) bond motifs is 1. The van der Waals surface area contributed by atoms with Crippen molar-refractivity contribution >= 4 is 44.6 Å². The van der Waals surface area contributed by atoms with Crippen molar-refractivity contribution < 1.29 is 22.6 Å². The molecule has 0 aliphatic carbocycles. The normalized spacial score (nSPS) is 10.8. The van der Waals surface area contributed by atoms with Crippen molar-refractivity contribution in [2.75, 3.05) is 18.2 Å². The number of carbonyl (C=O) groups excluding carboxylic acids is 2. The molecule has 198 valence electrons. The largest absolute Gasteiger partial charge is 0.384 e. The number of anilines is 1. The predicted octanol–water partition coefficient (Wildman–Crippen LogP) is 2.94. The number of nitrogen functional groups attached to an aromatic ring is 1. The Hall–Kier alpha value is -4.55. The Morgan fingerprint density at radius 1 is 1.05 bits per heavy atom. The number of imidazole rings is 1. The van der Waals surface area contributed by atoms with E-state index < -0.39 is 22.1 Å². The quantitative estimate of drug-likeness (QED) is 0.172. The molecular formula is C26H28N6O5S. The van der Waals surface area contributed by atoms with E-state index in [4.69, 9.17) is 20.7 Å². The van der Waals surface area contributed by atoms with Gasteiger partial charge in [0.1, 0.15) is 11.7 Å². The standard InChI is InChI=1S/C25H24N6O2.CH4O3S/c1-28-25(33)31(19-6-4-3-5-7-19)24(32)18-12-13-21-20(15-18)29-22(30(21)2)14-16-8-10-17(11-9-16)23(26)27;1-5(2,3)4/h3-13,15H,14H2,1-2H3,(H3,26,27)(H,28,33);1H3,(H,2,3,4). The minimum absolute atomic E-state index is 0.0303. The number of aromatic nitrogens is 2. The molecule has 12 heteroatoms. The van der Waals surface area contributed by atoms with Gasteiger partial charge < -0.3 is 15.6 Å². The van der Waals surface area contributed by atoms with Gasteiger partial charge in [-0.05, 0) is 35.9 Å². The van der Waals surface area contributed by atoms with Gasteiger partial charge in [-0.25, -0.2) is 14.7 Å². The van der Waals surface area contributed by atoms with E-state index in [1.54, 1.807) is 36.4 Å². The molecule has 5 N–H and O–H groups in total. The molecule has 0 fully saturated rings. The fraction of sp³-hybridized carbons (Fsp3) is 0.154. The maximum atomic E-state index is 13.3. The first kappa shape index (κ1) is 28.0. The van der Waals surface area contributed by atoms with Crippen molar-refractivity contribution in [1.82, 2.24) is 14.9 Å². The Balaban J connectivity index is 0.000000732. The fourth-order valence-corrected chi connectivity index (χ4v) is 3.67. The number of nitrogens with two attached hydrogens (primary N) is 1. The molecule has 4 rings (SSSR count). The molecule has 0 unspecified atom stereocenters. The molecule has 0 saturated carbocycles. The van der Waals surface area contributed by atoms with Gasteiger partial charge in [-0.1, -0.05) is 42.5 Å².